The van der Waals surface area contributed by atoms with Crippen LogP contribution in [0.25, 0.3) is 0 Å². The van der Waals surface area contributed by atoms with Gasteiger partial charge in [0.25, 0.3) is 0 Å². The second-order valence-electron chi connectivity index (χ2n) is 7.94. The maximum Gasteiger partial charge on any atom is 0.317 e. The summed E-state index contributed by atoms with van der Waals surface area (Å²) >= 11 is 0. The fourth-order valence-electron chi connectivity index (χ4n) is 4.42. The van der Waals surface area contributed by atoms with Crippen LogP contribution in [-0.2, 0) is 7.05 Å². The Hall–Kier alpha value is -2.77. The third kappa shape index (κ3) is 4.31. The number of nitrogens with zero attached hydrogens (tertiary/aromatic N) is 5. The Morgan fingerprint density at radius 2 is 1.83 bits per heavy atom. The normalized spacial score (nSPS) is 18.7. The lowest BCUT2D eigenvalue weighted by atomic mass is 9.96. The quantitative estimate of drug-likeness (QED) is 0.856. The van der Waals surface area contributed by atoms with Gasteiger partial charge in [-0.3, -0.25) is 0 Å². The molecule has 1 aromatic heterocycles. The fourth-order valence-corrected chi connectivity index (χ4v) is 4.42. The van der Waals surface area contributed by atoms with Gasteiger partial charge >= 0.3 is 6.03 Å². The number of rotatable bonds is 4. The molecule has 156 valence electrons. The van der Waals surface area contributed by atoms with Crippen LogP contribution in [0.5, 0.6) is 5.75 Å². The van der Waals surface area contributed by atoms with E-state index in [-0.39, 0.29) is 12.1 Å². The SMILES string of the molecule is COc1ccccc1N1CCC(NC(=O)N2CCC(c3nncn3C)CC2)CC1. The van der Waals surface area contributed by atoms with Gasteiger partial charge in [0.15, 0.2) is 0 Å². The highest BCUT2D eigenvalue weighted by molar-refractivity contribution is 5.74. The number of carbonyl (C=O) groups excluding carboxylic acids is 1. The molecule has 0 spiro atoms. The first-order valence-corrected chi connectivity index (χ1v) is 10.4. The number of hydrogen-bond donors (Lipinski definition) is 1. The molecule has 2 fully saturated rings. The summed E-state index contributed by atoms with van der Waals surface area (Å²) in [4.78, 5) is 17.0. The average molecular weight is 399 g/mol. The summed E-state index contributed by atoms with van der Waals surface area (Å²) in [5.41, 5.74) is 1.13. The summed E-state index contributed by atoms with van der Waals surface area (Å²) in [5.74, 6) is 2.31. The Morgan fingerprint density at radius 3 is 2.48 bits per heavy atom. The summed E-state index contributed by atoms with van der Waals surface area (Å²) in [6.07, 6.45) is 5.50. The van der Waals surface area contributed by atoms with Gasteiger partial charge in [0, 0.05) is 45.2 Å². The second kappa shape index (κ2) is 8.71. The van der Waals surface area contributed by atoms with Gasteiger partial charge in [-0.05, 0) is 37.8 Å². The molecule has 4 rings (SSSR count). The van der Waals surface area contributed by atoms with Crippen molar-refractivity contribution in [3.8, 4) is 5.75 Å². The highest BCUT2D eigenvalue weighted by atomic mass is 16.5. The fraction of sp³-hybridized carbons (Fsp3) is 0.571. The van der Waals surface area contributed by atoms with Crippen LogP contribution in [-0.4, -0.2) is 65.0 Å². The minimum absolute atomic E-state index is 0.0668. The van der Waals surface area contributed by atoms with Crippen molar-refractivity contribution in [2.24, 2.45) is 7.05 Å². The minimum Gasteiger partial charge on any atom is -0.495 e. The van der Waals surface area contributed by atoms with E-state index in [2.05, 4.69) is 26.5 Å². The van der Waals surface area contributed by atoms with Crippen LogP contribution in [0.4, 0.5) is 10.5 Å². The Labute approximate surface area is 171 Å². The predicted molar refractivity (Wildman–Crippen MR) is 111 cm³/mol. The Balaban J connectivity index is 1.25. The molecule has 0 unspecified atom stereocenters. The van der Waals surface area contributed by atoms with Crippen LogP contribution in [0.3, 0.4) is 0 Å². The average Bonchev–Trinajstić information content (AvgIpc) is 3.20. The van der Waals surface area contributed by atoms with Crippen molar-refractivity contribution in [3.05, 3.63) is 36.4 Å². The Bertz CT molecular complexity index is 822. The van der Waals surface area contributed by atoms with Crippen LogP contribution in [0.1, 0.15) is 37.4 Å². The van der Waals surface area contributed by atoms with Gasteiger partial charge in [0.1, 0.15) is 17.9 Å². The molecular formula is C21H30N6O2. The highest BCUT2D eigenvalue weighted by Crippen LogP contribution is 2.30. The number of likely N-dealkylation sites (tertiary alicyclic amines) is 1. The molecule has 0 radical (unpaired) electrons. The van der Waals surface area contributed by atoms with Crippen LogP contribution in [0.2, 0.25) is 0 Å². The molecule has 2 aromatic rings. The zero-order valence-corrected chi connectivity index (χ0v) is 17.3. The number of nitrogens with one attached hydrogen (secondary N) is 1. The molecular weight excluding hydrogens is 368 g/mol. The Morgan fingerprint density at radius 1 is 1.10 bits per heavy atom. The number of methoxy groups -OCH3 is 1. The minimum atomic E-state index is 0.0668. The van der Waals surface area contributed by atoms with E-state index >= 15 is 0 Å². The molecule has 29 heavy (non-hydrogen) atoms. The van der Waals surface area contributed by atoms with Crippen LogP contribution < -0.4 is 15.0 Å². The zero-order valence-electron chi connectivity index (χ0n) is 17.3. The smallest absolute Gasteiger partial charge is 0.317 e. The summed E-state index contributed by atoms with van der Waals surface area (Å²) in [7, 11) is 3.69. The number of aryl methyl sites for hydroxylation is 1. The van der Waals surface area contributed by atoms with Crippen molar-refractivity contribution in [2.75, 3.05) is 38.2 Å². The van der Waals surface area contributed by atoms with E-state index < -0.39 is 0 Å². The predicted octanol–water partition coefficient (Wildman–Crippen LogP) is 2.38. The standard InChI is InChI=1S/C21H30N6O2/c1-25-15-22-24-20(25)16-7-11-27(12-8-16)21(28)23-17-9-13-26(14-10-17)18-5-3-4-6-19(18)29-2/h3-6,15-17H,7-14H2,1-2H3,(H,23,28). The number of urea groups is 1. The topological polar surface area (TPSA) is 75.5 Å². The first-order chi connectivity index (χ1) is 14.2. The molecule has 1 aromatic carbocycles. The van der Waals surface area contributed by atoms with E-state index in [1.54, 1.807) is 13.4 Å². The van der Waals surface area contributed by atoms with E-state index in [0.717, 1.165) is 69.1 Å². The molecule has 3 heterocycles. The third-order valence-electron chi connectivity index (χ3n) is 6.14. The van der Waals surface area contributed by atoms with Crippen molar-refractivity contribution >= 4 is 11.7 Å². The van der Waals surface area contributed by atoms with Gasteiger partial charge < -0.3 is 24.4 Å². The second-order valence-corrected chi connectivity index (χ2v) is 7.94. The van der Waals surface area contributed by atoms with E-state index in [9.17, 15) is 4.79 Å². The lowest BCUT2D eigenvalue weighted by Crippen LogP contribution is -2.51. The van der Waals surface area contributed by atoms with E-state index in [1.165, 1.54) is 0 Å². The van der Waals surface area contributed by atoms with Gasteiger partial charge in [-0.1, -0.05) is 12.1 Å². The number of amides is 2. The van der Waals surface area contributed by atoms with Gasteiger partial charge in [0.05, 0.1) is 12.8 Å². The van der Waals surface area contributed by atoms with E-state index in [1.807, 2.05) is 34.7 Å². The third-order valence-corrected chi connectivity index (χ3v) is 6.14. The van der Waals surface area contributed by atoms with Gasteiger partial charge in [0.2, 0.25) is 0 Å². The first-order valence-electron chi connectivity index (χ1n) is 10.4. The number of piperidine rings is 2. The summed E-state index contributed by atoms with van der Waals surface area (Å²) in [6.45, 7) is 3.37. The van der Waals surface area contributed by atoms with Crippen molar-refractivity contribution in [2.45, 2.75) is 37.6 Å². The van der Waals surface area contributed by atoms with Crippen LogP contribution in [0, 0.1) is 0 Å². The van der Waals surface area contributed by atoms with Gasteiger partial charge in [-0.25, -0.2) is 4.79 Å². The number of para-hydroxylation sites is 2. The number of benzene rings is 1. The van der Waals surface area contributed by atoms with Gasteiger partial charge in [-0.15, -0.1) is 10.2 Å². The lowest BCUT2D eigenvalue weighted by molar-refractivity contribution is 0.174. The van der Waals surface area contributed by atoms with E-state index in [0.29, 0.717) is 5.92 Å². The molecule has 2 aliphatic heterocycles. The number of carbonyl (C=O) groups is 1. The summed E-state index contributed by atoms with van der Waals surface area (Å²) in [5, 5.41) is 11.4. The zero-order chi connectivity index (χ0) is 20.2. The number of anilines is 1. The van der Waals surface area contributed by atoms with Crippen molar-refractivity contribution in [1.29, 1.82) is 0 Å². The Kier molecular flexibility index (Phi) is 5.87. The van der Waals surface area contributed by atoms with Crippen molar-refractivity contribution in [3.63, 3.8) is 0 Å². The largest absolute Gasteiger partial charge is 0.495 e. The van der Waals surface area contributed by atoms with Crippen molar-refractivity contribution in [1.82, 2.24) is 25.0 Å². The van der Waals surface area contributed by atoms with Crippen LogP contribution in [0.15, 0.2) is 30.6 Å². The molecule has 0 saturated carbocycles. The maximum atomic E-state index is 12.7. The molecule has 0 bridgehead atoms. The van der Waals surface area contributed by atoms with Crippen LogP contribution >= 0.6 is 0 Å². The summed E-state index contributed by atoms with van der Waals surface area (Å²) < 4.78 is 7.47. The van der Waals surface area contributed by atoms with Gasteiger partial charge in [-0.2, -0.15) is 0 Å². The monoisotopic (exact) mass is 398 g/mol. The molecule has 8 nitrogen and oxygen atoms in total. The van der Waals surface area contributed by atoms with E-state index in [4.69, 9.17) is 4.74 Å². The molecule has 1 N–H and O–H groups in total. The molecule has 2 aliphatic rings. The molecule has 0 atom stereocenters. The molecule has 0 aliphatic carbocycles. The molecule has 8 heteroatoms. The maximum absolute atomic E-state index is 12.7. The summed E-state index contributed by atoms with van der Waals surface area (Å²) in [6, 6.07) is 8.41. The highest BCUT2D eigenvalue weighted by Gasteiger charge is 2.28. The lowest BCUT2D eigenvalue weighted by Gasteiger charge is -2.37. The number of ether oxygens (including phenoxy) is 1. The number of hydrogen-bond acceptors (Lipinski definition) is 5. The molecule has 2 amide bonds. The first kappa shape index (κ1) is 19.5. The molecule has 2 saturated heterocycles. The van der Waals surface area contributed by atoms with Crippen molar-refractivity contribution < 1.29 is 9.53 Å². The number of aromatic nitrogens is 3.